The molecule has 1 amide bonds. The molecule has 1 heterocycles. The summed E-state index contributed by atoms with van der Waals surface area (Å²) in [6.07, 6.45) is 1.67. The fourth-order valence-corrected chi connectivity index (χ4v) is 3.18. The zero-order valence-corrected chi connectivity index (χ0v) is 15.7. The predicted octanol–water partition coefficient (Wildman–Crippen LogP) is 5.14. The van der Waals surface area contributed by atoms with E-state index in [1.165, 1.54) is 11.8 Å². The third-order valence-electron chi connectivity index (χ3n) is 3.53. The number of aromatic amines is 1. The summed E-state index contributed by atoms with van der Waals surface area (Å²) in [6.45, 7) is 1.90. The lowest BCUT2D eigenvalue weighted by molar-refractivity contribution is -0.117. The zero-order chi connectivity index (χ0) is 17.8. The van der Waals surface area contributed by atoms with Crippen molar-refractivity contribution in [3.05, 3.63) is 64.3 Å². The molecule has 1 aromatic heterocycles. The standard InChI is InChI=1S/C18H15Cl2N3OS/c1-11(12-6-7-13(19)14(20)8-12)9-21-17(24)10-25-18-22-15-4-2-3-5-16(15)23-18/h2-9H,10H2,1H3,(H,21,24)(H,22,23)/b11-9-. The number of benzene rings is 2. The Morgan fingerprint density at radius 2 is 2.04 bits per heavy atom. The van der Waals surface area contributed by atoms with Gasteiger partial charge in [-0.3, -0.25) is 4.79 Å². The number of imidazole rings is 1. The van der Waals surface area contributed by atoms with Gasteiger partial charge in [0.1, 0.15) is 0 Å². The quantitative estimate of drug-likeness (QED) is 0.591. The molecule has 0 spiro atoms. The maximum absolute atomic E-state index is 12.0. The summed E-state index contributed by atoms with van der Waals surface area (Å²) in [6, 6.07) is 13.1. The van der Waals surface area contributed by atoms with Crippen LogP contribution in [0.5, 0.6) is 0 Å². The van der Waals surface area contributed by atoms with E-state index in [-0.39, 0.29) is 11.7 Å². The molecule has 0 aliphatic carbocycles. The Morgan fingerprint density at radius 1 is 1.24 bits per heavy atom. The van der Waals surface area contributed by atoms with Crippen molar-refractivity contribution in [3.8, 4) is 0 Å². The molecule has 0 aliphatic rings. The molecule has 2 aromatic carbocycles. The van der Waals surface area contributed by atoms with Crippen molar-refractivity contribution in [1.82, 2.24) is 15.3 Å². The highest BCUT2D eigenvalue weighted by Crippen LogP contribution is 2.25. The van der Waals surface area contributed by atoms with Gasteiger partial charge in [-0.05, 0) is 42.3 Å². The molecule has 7 heteroatoms. The number of carbonyl (C=O) groups excluding carboxylic acids is 1. The fraction of sp³-hybridized carbons (Fsp3) is 0.111. The number of H-pyrrole nitrogens is 1. The number of fused-ring (bicyclic) bond motifs is 1. The fourth-order valence-electron chi connectivity index (χ4n) is 2.19. The van der Waals surface area contributed by atoms with E-state index >= 15 is 0 Å². The van der Waals surface area contributed by atoms with Crippen molar-refractivity contribution < 1.29 is 4.79 Å². The largest absolute Gasteiger partial charge is 0.333 e. The smallest absolute Gasteiger partial charge is 0.234 e. The average Bonchev–Trinajstić information content (AvgIpc) is 3.03. The number of amides is 1. The number of carbonyl (C=O) groups is 1. The first-order valence-corrected chi connectivity index (χ1v) is 9.26. The second-order valence-electron chi connectivity index (χ2n) is 5.37. The van der Waals surface area contributed by atoms with Crippen molar-refractivity contribution >= 4 is 57.5 Å². The number of aromatic nitrogens is 2. The Hall–Kier alpha value is -1.95. The van der Waals surface area contributed by atoms with E-state index in [0.29, 0.717) is 10.0 Å². The van der Waals surface area contributed by atoms with Gasteiger partial charge >= 0.3 is 0 Å². The van der Waals surface area contributed by atoms with Gasteiger partial charge in [0.05, 0.1) is 26.8 Å². The summed E-state index contributed by atoms with van der Waals surface area (Å²) in [5.74, 6) is 0.162. The number of nitrogens with one attached hydrogen (secondary N) is 2. The second kappa shape index (κ2) is 7.95. The van der Waals surface area contributed by atoms with E-state index < -0.39 is 0 Å². The Labute approximate surface area is 159 Å². The maximum Gasteiger partial charge on any atom is 0.234 e. The summed E-state index contributed by atoms with van der Waals surface area (Å²) < 4.78 is 0. The first-order chi connectivity index (χ1) is 12.0. The SMILES string of the molecule is C/C(=C/NC(=O)CSc1nc2ccccc2[nH]1)c1ccc(Cl)c(Cl)c1. The maximum atomic E-state index is 12.0. The van der Waals surface area contributed by atoms with Crippen LogP contribution in [-0.4, -0.2) is 21.6 Å². The monoisotopic (exact) mass is 391 g/mol. The molecule has 3 rings (SSSR count). The lowest BCUT2D eigenvalue weighted by atomic mass is 10.1. The number of hydrogen-bond donors (Lipinski definition) is 2. The Kier molecular flexibility index (Phi) is 5.68. The third-order valence-corrected chi connectivity index (χ3v) is 5.14. The average molecular weight is 392 g/mol. The van der Waals surface area contributed by atoms with Crippen molar-refractivity contribution in [1.29, 1.82) is 0 Å². The summed E-state index contributed by atoms with van der Waals surface area (Å²) in [5, 5.41) is 4.49. The Balaban J connectivity index is 1.57. The first kappa shape index (κ1) is 17.9. The summed E-state index contributed by atoms with van der Waals surface area (Å²) >= 11 is 13.3. The number of thioether (sulfide) groups is 1. The first-order valence-electron chi connectivity index (χ1n) is 7.52. The molecular weight excluding hydrogens is 377 g/mol. The third kappa shape index (κ3) is 4.57. The van der Waals surface area contributed by atoms with E-state index in [4.69, 9.17) is 23.2 Å². The van der Waals surface area contributed by atoms with Crippen LogP contribution in [-0.2, 0) is 4.79 Å². The zero-order valence-electron chi connectivity index (χ0n) is 13.3. The van der Waals surface area contributed by atoms with Crippen LogP contribution in [0.4, 0.5) is 0 Å². The van der Waals surface area contributed by atoms with Gasteiger partial charge in [-0.15, -0.1) is 0 Å². The molecule has 0 unspecified atom stereocenters. The molecule has 4 nitrogen and oxygen atoms in total. The molecule has 25 heavy (non-hydrogen) atoms. The lowest BCUT2D eigenvalue weighted by Gasteiger charge is -2.05. The van der Waals surface area contributed by atoms with Crippen molar-refractivity contribution in [2.24, 2.45) is 0 Å². The highest BCUT2D eigenvalue weighted by Gasteiger charge is 2.07. The van der Waals surface area contributed by atoms with Crippen LogP contribution in [0.25, 0.3) is 16.6 Å². The van der Waals surface area contributed by atoms with Crippen molar-refractivity contribution in [2.75, 3.05) is 5.75 Å². The van der Waals surface area contributed by atoms with Crippen LogP contribution in [0, 0.1) is 0 Å². The molecule has 3 aromatic rings. The molecule has 2 N–H and O–H groups in total. The van der Waals surface area contributed by atoms with Crippen LogP contribution in [0.3, 0.4) is 0 Å². The molecule has 0 radical (unpaired) electrons. The minimum atomic E-state index is -0.107. The van der Waals surface area contributed by atoms with Gasteiger partial charge in [-0.25, -0.2) is 4.98 Å². The number of nitrogens with zero attached hydrogens (tertiary/aromatic N) is 1. The molecule has 0 bridgehead atoms. The second-order valence-corrected chi connectivity index (χ2v) is 7.15. The summed E-state index contributed by atoms with van der Waals surface area (Å²) in [7, 11) is 0. The predicted molar refractivity (Wildman–Crippen MR) is 105 cm³/mol. The topological polar surface area (TPSA) is 57.8 Å². The van der Waals surface area contributed by atoms with Gasteiger partial charge in [-0.1, -0.05) is 53.2 Å². The summed E-state index contributed by atoms with van der Waals surface area (Å²) in [5.41, 5.74) is 3.64. The van der Waals surface area contributed by atoms with Crippen LogP contribution in [0.15, 0.2) is 53.8 Å². The van der Waals surface area contributed by atoms with E-state index in [2.05, 4.69) is 15.3 Å². The van der Waals surface area contributed by atoms with E-state index in [1.54, 1.807) is 18.3 Å². The van der Waals surface area contributed by atoms with E-state index in [0.717, 1.165) is 27.3 Å². The van der Waals surface area contributed by atoms with E-state index in [1.807, 2.05) is 37.3 Å². The number of halogens is 2. The van der Waals surface area contributed by atoms with Crippen LogP contribution in [0.2, 0.25) is 10.0 Å². The molecular formula is C18H15Cl2N3OS. The number of allylic oxidation sites excluding steroid dienone is 1. The number of para-hydroxylation sites is 2. The Bertz CT molecular complexity index is 919. The van der Waals surface area contributed by atoms with Crippen LogP contribution in [0.1, 0.15) is 12.5 Å². The van der Waals surface area contributed by atoms with Gasteiger partial charge in [0.15, 0.2) is 5.16 Å². The minimum Gasteiger partial charge on any atom is -0.333 e. The van der Waals surface area contributed by atoms with Crippen LogP contribution >= 0.6 is 35.0 Å². The van der Waals surface area contributed by atoms with Gasteiger partial charge in [-0.2, -0.15) is 0 Å². The van der Waals surface area contributed by atoms with Gasteiger partial charge in [0, 0.05) is 6.20 Å². The van der Waals surface area contributed by atoms with Gasteiger partial charge in [0.2, 0.25) is 5.91 Å². The molecule has 0 aliphatic heterocycles. The highest BCUT2D eigenvalue weighted by molar-refractivity contribution is 7.99. The normalized spacial score (nSPS) is 11.7. The molecule has 0 saturated heterocycles. The lowest BCUT2D eigenvalue weighted by Crippen LogP contribution is -2.19. The molecule has 128 valence electrons. The molecule has 0 atom stereocenters. The van der Waals surface area contributed by atoms with Gasteiger partial charge in [0.25, 0.3) is 0 Å². The van der Waals surface area contributed by atoms with Crippen molar-refractivity contribution in [2.45, 2.75) is 12.1 Å². The highest BCUT2D eigenvalue weighted by atomic mass is 35.5. The molecule has 0 saturated carbocycles. The van der Waals surface area contributed by atoms with Gasteiger partial charge < -0.3 is 10.3 Å². The summed E-state index contributed by atoms with van der Waals surface area (Å²) in [4.78, 5) is 19.6. The van der Waals surface area contributed by atoms with E-state index in [9.17, 15) is 4.79 Å². The van der Waals surface area contributed by atoms with Crippen molar-refractivity contribution in [3.63, 3.8) is 0 Å². The molecule has 0 fully saturated rings. The Morgan fingerprint density at radius 3 is 2.80 bits per heavy atom. The van der Waals surface area contributed by atoms with Crippen LogP contribution < -0.4 is 5.32 Å². The number of rotatable bonds is 5. The minimum absolute atomic E-state index is 0.107. The number of hydrogen-bond acceptors (Lipinski definition) is 3.